The molecule has 6 nitrogen and oxygen atoms in total. The number of amides is 2. The highest BCUT2D eigenvalue weighted by Crippen LogP contribution is 2.11. The molecule has 0 radical (unpaired) electrons. The number of nitrogens with one attached hydrogen (secondary N) is 2. The molecule has 1 rings (SSSR count). The third kappa shape index (κ3) is 3.16. The Morgan fingerprint density at radius 1 is 1.19 bits per heavy atom. The van der Waals surface area contributed by atoms with Crippen molar-refractivity contribution in [1.82, 2.24) is 10.9 Å². The van der Waals surface area contributed by atoms with Crippen molar-refractivity contribution in [2.45, 2.75) is 0 Å². The molecule has 0 saturated heterocycles. The summed E-state index contributed by atoms with van der Waals surface area (Å²) in [6.07, 6.45) is -0.740. The maximum absolute atomic E-state index is 11.5. The zero-order valence-electron chi connectivity index (χ0n) is 8.94. The lowest BCUT2D eigenvalue weighted by Gasteiger charge is -2.06. The van der Waals surface area contributed by atoms with Crippen LogP contribution in [-0.2, 0) is 4.74 Å². The van der Waals surface area contributed by atoms with Crippen LogP contribution in [0.2, 0.25) is 0 Å². The summed E-state index contributed by atoms with van der Waals surface area (Å²) >= 11 is 0. The van der Waals surface area contributed by atoms with E-state index >= 15 is 0 Å². The second kappa shape index (κ2) is 5.59. The molecule has 0 unspecified atom stereocenters. The minimum absolute atomic E-state index is 0.371. The van der Waals surface area contributed by atoms with Crippen LogP contribution in [0.15, 0.2) is 24.3 Å². The van der Waals surface area contributed by atoms with Gasteiger partial charge in [-0.1, -0.05) is 6.07 Å². The van der Waals surface area contributed by atoms with Crippen LogP contribution in [0.3, 0.4) is 0 Å². The highest BCUT2D eigenvalue weighted by Gasteiger charge is 2.07. The Labute approximate surface area is 92.5 Å². The van der Waals surface area contributed by atoms with E-state index in [-0.39, 0.29) is 0 Å². The van der Waals surface area contributed by atoms with E-state index in [1.54, 1.807) is 24.3 Å². The minimum Gasteiger partial charge on any atom is -0.497 e. The van der Waals surface area contributed by atoms with Gasteiger partial charge in [0.25, 0.3) is 5.91 Å². The second-order valence-electron chi connectivity index (χ2n) is 2.80. The van der Waals surface area contributed by atoms with Crippen molar-refractivity contribution in [1.29, 1.82) is 0 Å². The first kappa shape index (κ1) is 11.8. The molecule has 2 N–H and O–H groups in total. The van der Waals surface area contributed by atoms with Gasteiger partial charge in [-0.15, -0.1) is 0 Å². The topological polar surface area (TPSA) is 76.7 Å². The third-order valence-corrected chi connectivity index (χ3v) is 1.80. The van der Waals surface area contributed by atoms with Crippen LogP contribution in [0, 0.1) is 0 Å². The van der Waals surface area contributed by atoms with Gasteiger partial charge in [0.05, 0.1) is 14.2 Å². The van der Waals surface area contributed by atoms with E-state index in [0.717, 1.165) is 0 Å². The molecule has 0 aliphatic heterocycles. The van der Waals surface area contributed by atoms with Gasteiger partial charge in [-0.25, -0.2) is 10.2 Å². The van der Waals surface area contributed by atoms with Crippen molar-refractivity contribution in [3.8, 4) is 5.75 Å². The highest BCUT2D eigenvalue weighted by molar-refractivity contribution is 5.95. The maximum Gasteiger partial charge on any atom is 0.425 e. The predicted molar refractivity (Wildman–Crippen MR) is 56.0 cm³/mol. The van der Waals surface area contributed by atoms with Crippen molar-refractivity contribution in [2.24, 2.45) is 0 Å². The van der Waals surface area contributed by atoms with Crippen LogP contribution >= 0.6 is 0 Å². The summed E-state index contributed by atoms with van der Waals surface area (Å²) in [5.74, 6) is 0.106. The molecule has 0 heterocycles. The van der Waals surface area contributed by atoms with E-state index in [1.807, 2.05) is 0 Å². The number of hydrogen-bond acceptors (Lipinski definition) is 4. The number of hydrogen-bond donors (Lipinski definition) is 2. The number of rotatable bonds is 2. The number of ether oxygens (including phenoxy) is 2. The Bertz CT molecular complexity index is 392. The van der Waals surface area contributed by atoms with E-state index in [0.29, 0.717) is 11.3 Å². The maximum atomic E-state index is 11.5. The molecular formula is C10H12N2O4. The van der Waals surface area contributed by atoms with Crippen LogP contribution in [0.4, 0.5) is 4.79 Å². The molecule has 0 aliphatic carbocycles. The summed E-state index contributed by atoms with van der Waals surface area (Å²) in [6, 6.07) is 6.53. The fourth-order valence-corrected chi connectivity index (χ4v) is 0.995. The van der Waals surface area contributed by atoms with Crippen LogP contribution in [-0.4, -0.2) is 26.2 Å². The Morgan fingerprint density at radius 3 is 2.56 bits per heavy atom. The van der Waals surface area contributed by atoms with Gasteiger partial charge in [0, 0.05) is 5.56 Å². The van der Waals surface area contributed by atoms with Gasteiger partial charge < -0.3 is 9.47 Å². The monoisotopic (exact) mass is 224 g/mol. The van der Waals surface area contributed by atoms with Gasteiger partial charge in [-0.2, -0.15) is 0 Å². The summed E-state index contributed by atoms with van der Waals surface area (Å²) in [7, 11) is 2.71. The number of hydrazine groups is 1. The molecule has 0 saturated carbocycles. The van der Waals surface area contributed by atoms with Gasteiger partial charge in [0.1, 0.15) is 5.75 Å². The average Bonchev–Trinajstić information content (AvgIpc) is 2.35. The summed E-state index contributed by atoms with van der Waals surface area (Å²) in [5.41, 5.74) is 4.62. The SMILES string of the molecule is COC(=O)NNC(=O)c1cccc(OC)c1. The van der Waals surface area contributed by atoms with Crippen molar-refractivity contribution in [2.75, 3.05) is 14.2 Å². The van der Waals surface area contributed by atoms with Gasteiger partial charge in [-0.3, -0.25) is 10.2 Å². The zero-order valence-corrected chi connectivity index (χ0v) is 8.94. The van der Waals surface area contributed by atoms with Crippen LogP contribution in [0.1, 0.15) is 10.4 Å². The lowest BCUT2D eigenvalue weighted by atomic mass is 10.2. The molecule has 0 aromatic heterocycles. The third-order valence-electron chi connectivity index (χ3n) is 1.80. The number of methoxy groups -OCH3 is 2. The van der Waals surface area contributed by atoms with E-state index in [1.165, 1.54) is 14.2 Å². The molecule has 2 amide bonds. The first-order chi connectivity index (χ1) is 7.67. The first-order valence-electron chi connectivity index (χ1n) is 4.45. The molecule has 16 heavy (non-hydrogen) atoms. The predicted octanol–water partition coefficient (Wildman–Crippen LogP) is 0.696. The molecule has 1 aromatic rings. The largest absolute Gasteiger partial charge is 0.497 e. The normalized spacial score (nSPS) is 9.12. The van der Waals surface area contributed by atoms with Crippen molar-refractivity contribution >= 4 is 12.0 Å². The Kier molecular flexibility index (Phi) is 4.14. The molecule has 86 valence electrons. The van der Waals surface area contributed by atoms with Gasteiger partial charge in [-0.05, 0) is 18.2 Å². The summed E-state index contributed by atoms with van der Waals surface area (Å²) < 4.78 is 9.25. The smallest absolute Gasteiger partial charge is 0.425 e. The molecule has 0 bridgehead atoms. The fourth-order valence-electron chi connectivity index (χ4n) is 0.995. The Balaban J connectivity index is 2.62. The quantitative estimate of drug-likeness (QED) is 0.725. The summed E-state index contributed by atoms with van der Waals surface area (Å²) in [4.78, 5) is 22.2. The zero-order chi connectivity index (χ0) is 12.0. The van der Waals surface area contributed by atoms with E-state index in [4.69, 9.17) is 4.74 Å². The minimum atomic E-state index is -0.740. The van der Waals surface area contributed by atoms with Crippen molar-refractivity contribution in [3.63, 3.8) is 0 Å². The molecule has 1 aromatic carbocycles. The molecule has 0 spiro atoms. The molecule has 0 aliphatic rings. The average molecular weight is 224 g/mol. The second-order valence-corrected chi connectivity index (χ2v) is 2.80. The van der Waals surface area contributed by atoms with Crippen molar-refractivity contribution in [3.05, 3.63) is 29.8 Å². The van der Waals surface area contributed by atoms with Gasteiger partial charge >= 0.3 is 6.09 Å². The lowest BCUT2D eigenvalue weighted by molar-refractivity contribution is 0.0920. The van der Waals surface area contributed by atoms with E-state index < -0.39 is 12.0 Å². The molecule has 0 atom stereocenters. The Morgan fingerprint density at radius 2 is 1.94 bits per heavy atom. The summed E-state index contributed by atoms with van der Waals surface area (Å²) in [5, 5.41) is 0. The molecular weight excluding hydrogens is 212 g/mol. The fraction of sp³-hybridized carbons (Fsp3) is 0.200. The molecule has 0 fully saturated rings. The standard InChI is InChI=1S/C10H12N2O4/c1-15-8-5-3-4-7(6-8)9(13)11-12-10(14)16-2/h3-6H,1-2H3,(H,11,13)(H,12,14). The summed E-state index contributed by atoms with van der Waals surface area (Å²) in [6.45, 7) is 0. The number of benzene rings is 1. The van der Waals surface area contributed by atoms with Crippen LogP contribution < -0.4 is 15.6 Å². The van der Waals surface area contributed by atoms with Crippen LogP contribution in [0.5, 0.6) is 5.75 Å². The lowest BCUT2D eigenvalue weighted by Crippen LogP contribution is -2.41. The number of carbonyl (C=O) groups excluding carboxylic acids is 2. The first-order valence-corrected chi connectivity index (χ1v) is 4.45. The van der Waals surface area contributed by atoms with Crippen molar-refractivity contribution < 1.29 is 19.1 Å². The van der Waals surface area contributed by atoms with E-state index in [2.05, 4.69) is 15.6 Å². The van der Waals surface area contributed by atoms with E-state index in [9.17, 15) is 9.59 Å². The Hall–Kier alpha value is -2.24. The van der Waals surface area contributed by atoms with Crippen LogP contribution in [0.25, 0.3) is 0 Å². The van der Waals surface area contributed by atoms with Gasteiger partial charge in [0.2, 0.25) is 0 Å². The highest BCUT2D eigenvalue weighted by atomic mass is 16.5. The number of carbonyl (C=O) groups is 2. The molecule has 6 heteroatoms. The van der Waals surface area contributed by atoms with Gasteiger partial charge in [0.15, 0.2) is 0 Å².